The Morgan fingerprint density at radius 2 is 0.857 bits per heavy atom. The first-order valence-electron chi connectivity index (χ1n) is 11.9. The first-order valence-corrected chi connectivity index (χ1v) is 13.0. The molecule has 0 N–H and O–H groups in total. The fourth-order valence-electron chi connectivity index (χ4n) is 3.65. The first kappa shape index (κ1) is 28.0. The second-order valence-corrected chi connectivity index (χ2v) is 9.54. The number of ketones is 2. The van der Waals surface area contributed by atoms with E-state index in [0.717, 1.165) is 51.4 Å². The van der Waals surface area contributed by atoms with Crippen LogP contribution in [0, 0.1) is 5.92 Å². The van der Waals surface area contributed by atoms with Crippen LogP contribution in [0.2, 0.25) is 0 Å². The number of Topliss-reactive ketones (excluding diaryl/α,β-unsaturated/α-hetero) is 2. The summed E-state index contributed by atoms with van der Waals surface area (Å²) in [6.45, 7) is 6.57. The maximum atomic E-state index is 13.0. The topological polar surface area (TPSA) is 34.1 Å². The van der Waals surface area contributed by atoms with Crippen molar-refractivity contribution >= 4 is 36.8 Å². The highest BCUT2D eigenvalue weighted by Crippen LogP contribution is 2.24. The van der Waals surface area contributed by atoms with E-state index in [1.165, 1.54) is 44.9 Å². The number of rotatable bonds is 20. The van der Waals surface area contributed by atoms with Gasteiger partial charge < -0.3 is 0 Å². The molecule has 0 rings (SSSR count). The summed E-state index contributed by atoms with van der Waals surface area (Å²) in [6.07, 6.45) is 17.0. The lowest BCUT2D eigenvalue weighted by molar-refractivity contribution is -0.132. The van der Waals surface area contributed by atoms with Gasteiger partial charge in [-0.2, -0.15) is 25.3 Å². The van der Waals surface area contributed by atoms with Crippen LogP contribution < -0.4 is 0 Å². The highest BCUT2D eigenvalue weighted by atomic mass is 32.1. The third-order valence-electron chi connectivity index (χ3n) is 5.60. The van der Waals surface area contributed by atoms with Crippen LogP contribution in [-0.4, -0.2) is 22.1 Å². The van der Waals surface area contributed by atoms with Crippen LogP contribution in [0.4, 0.5) is 0 Å². The predicted molar refractivity (Wildman–Crippen MR) is 130 cm³/mol. The van der Waals surface area contributed by atoms with Crippen LogP contribution >= 0.6 is 25.3 Å². The van der Waals surface area contributed by atoms with Crippen molar-refractivity contribution in [2.24, 2.45) is 5.92 Å². The van der Waals surface area contributed by atoms with E-state index in [2.05, 4.69) is 46.0 Å². The normalized spacial score (nSPS) is 14.6. The summed E-state index contributed by atoms with van der Waals surface area (Å²) in [7, 11) is 0. The summed E-state index contributed by atoms with van der Waals surface area (Å²) in [5, 5.41) is -0.607. The molecule has 0 heterocycles. The van der Waals surface area contributed by atoms with Crippen LogP contribution in [0.1, 0.15) is 124 Å². The van der Waals surface area contributed by atoms with Crippen molar-refractivity contribution in [2.45, 2.75) is 134 Å². The van der Waals surface area contributed by atoms with Crippen LogP contribution in [-0.2, 0) is 9.59 Å². The Bertz CT molecular complexity index is 368. The molecule has 0 saturated carbocycles. The van der Waals surface area contributed by atoms with Gasteiger partial charge in [-0.05, 0) is 19.3 Å². The number of thiol groups is 2. The Morgan fingerprint density at radius 1 is 0.536 bits per heavy atom. The Morgan fingerprint density at radius 3 is 1.25 bits per heavy atom. The molecule has 0 saturated heterocycles. The van der Waals surface area contributed by atoms with E-state index in [1.54, 1.807) is 0 Å². The van der Waals surface area contributed by atoms with Gasteiger partial charge in [0.1, 0.15) is 0 Å². The molecule has 0 spiro atoms. The van der Waals surface area contributed by atoms with Crippen LogP contribution in [0.5, 0.6) is 0 Å². The zero-order valence-corrected chi connectivity index (χ0v) is 20.5. The molecule has 0 aromatic rings. The van der Waals surface area contributed by atoms with Crippen LogP contribution in [0.15, 0.2) is 0 Å². The zero-order valence-electron chi connectivity index (χ0n) is 18.8. The first-order chi connectivity index (χ1) is 13.5. The van der Waals surface area contributed by atoms with Gasteiger partial charge in [0.15, 0.2) is 11.6 Å². The van der Waals surface area contributed by atoms with Crippen molar-refractivity contribution in [1.82, 2.24) is 0 Å². The molecule has 2 atom stereocenters. The Balaban J connectivity index is 4.72. The average Bonchev–Trinajstić information content (AvgIpc) is 2.70. The van der Waals surface area contributed by atoms with E-state index >= 15 is 0 Å². The van der Waals surface area contributed by atoms with E-state index in [0.29, 0.717) is 6.42 Å². The van der Waals surface area contributed by atoms with Crippen molar-refractivity contribution in [1.29, 1.82) is 0 Å². The Kier molecular flexibility index (Phi) is 19.1. The number of hydrogen-bond acceptors (Lipinski definition) is 4. The van der Waals surface area contributed by atoms with Crippen molar-refractivity contribution < 1.29 is 9.59 Å². The zero-order chi connectivity index (χ0) is 21.2. The van der Waals surface area contributed by atoms with Gasteiger partial charge in [0.05, 0.1) is 16.4 Å². The summed E-state index contributed by atoms with van der Waals surface area (Å²) < 4.78 is 0. The maximum Gasteiger partial charge on any atom is 0.156 e. The molecular formula is C24H46O2S2. The van der Waals surface area contributed by atoms with Crippen LogP contribution in [0.3, 0.4) is 0 Å². The number of carbonyl (C=O) groups excluding carboxylic acids is 2. The standard InChI is InChI=1S/C24H46O2S2/c1-4-7-10-13-14-17-20(23(25)21(27)18-15-11-8-5-2)24(26)22(28)19-16-12-9-6-3/h20-22,27-28H,4-19H2,1-3H3. The lowest BCUT2D eigenvalue weighted by Crippen LogP contribution is -2.35. The maximum absolute atomic E-state index is 13.0. The molecule has 0 aliphatic heterocycles. The van der Waals surface area contributed by atoms with Crippen molar-refractivity contribution in [2.75, 3.05) is 0 Å². The molecule has 0 aromatic heterocycles. The molecule has 28 heavy (non-hydrogen) atoms. The predicted octanol–water partition coefficient (Wildman–Crippen LogP) is 7.64. The molecule has 0 bridgehead atoms. The highest BCUT2D eigenvalue weighted by Gasteiger charge is 2.32. The highest BCUT2D eigenvalue weighted by molar-refractivity contribution is 7.82. The summed E-state index contributed by atoms with van der Waals surface area (Å²) in [4.78, 5) is 26.0. The molecule has 0 aliphatic rings. The summed E-state index contributed by atoms with van der Waals surface area (Å²) in [5.41, 5.74) is 0. The van der Waals surface area contributed by atoms with E-state index in [9.17, 15) is 9.59 Å². The molecule has 0 aromatic carbocycles. The van der Waals surface area contributed by atoms with Crippen molar-refractivity contribution in [3.8, 4) is 0 Å². The molecule has 166 valence electrons. The molecule has 0 radical (unpaired) electrons. The minimum atomic E-state index is -0.496. The minimum Gasteiger partial charge on any atom is -0.298 e. The third kappa shape index (κ3) is 13.3. The van der Waals surface area contributed by atoms with E-state index < -0.39 is 5.92 Å². The van der Waals surface area contributed by atoms with Crippen molar-refractivity contribution in [3.05, 3.63) is 0 Å². The SMILES string of the molecule is CCCCCCCC(C(=O)C(S)CCCCCC)C(=O)C(S)CCCCCC. The van der Waals surface area contributed by atoms with Gasteiger partial charge in [-0.15, -0.1) is 0 Å². The second-order valence-electron chi connectivity index (χ2n) is 8.29. The monoisotopic (exact) mass is 430 g/mol. The van der Waals surface area contributed by atoms with E-state index in [-0.39, 0.29) is 22.1 Å². The van der Waals surface area contributed by atoms with E-state index in [4.69, 9.17) is 0 Å². The van der Waals surface area contributed by atoms with Gasteiger partial charge in [-0.1, -0.05) is 104 Å². The Labute approximate surface area is 186 Å². The van der Waals surface area contributed by atoms with Gasteiger partial charge in [0, 0.05) is 0 Å². The van der Waals surface area contributed by atoms with E-state index in [1.807, 2.05) is 0 Å². The quantitative estimate of drug-likeness (QED) is 0.118. The lowest BCUT2D eigenvalue weighted by atomic mass is 9.86. The number of unbranched alkanes of at least 4 members (excludes halogenated alkanes) is 10. The number of hydrogen-bond donors (Lipinski definition) is 2. The third-order valence-corrected chi connectivity index (χ3v) is 6.63. The molecular weight excluding hydrogens is 384 g/mol. The lowest BCUT2D eigenvalue weighted by Gasteiger charge is -2.21. The molecule has 0 aliphatic carbocycles. The van der Waals surface area contributed by atoms with Crippen molar-refractivity contribution in [3.63, 3.8) is 0 Å². The summed E-state index contributed by atoms with van der Waals surface area (Å²) >= 11 is 9.16. The molecule has 2 nitrogen and oxygen atoms in total. The summed E-state index contributed by atoms with van der Waals surface area (Å²) in [5.74, 6) is -0.398. The van der Waals surface area contributed by atoms with Gasteiger partial charge in [-0.25, -0.2) is 0 Å². The van der Waals surface area contributed by atoms with Crippen LogP contribution in [0.25, 0.3) is 0 Å². The molecule has 4 heteroatoms. The number of carbonyl (C=O) groups is 2. The fourth-order valence-corrected chi connectivity index (χ4v) is 4.38. The van der Waals surface area contributed by atoms with Gasteiger partial charge >= 0.3 is 0 Å². The Hall–Kier alpha value is 0.0400. The molecule has 0 amide bonds. The van der Waals surface area contributed by atoms with Gasteiger partial charge in [0.25, 0.3) is 0 Å². The smallest absolute Gasteiger partial charge is 0.156 e. The molecule has 2 unspecified atom stereocenters. The second kappa shape index (κ2) is 19.0. The van der Waals surface area contributed by atoms with Gasteiger partial charge in [-0.3, -0.25) is 9.59 Å². The molecule has 0 fully saturated rings. The average molecular weight is 431 g/mol. The fraction of sp³-hybridized carbons (Fsp3) is 0.917. The minimum absolute atomic E-state index is 0.0490. The summed E-state index contributed by atoms with van der Waals surface area (Å²) in [6, 6.07) is 0. The van der Waals surface area contributed by atoms with Gasteiger partial charge in [0.2, 0.25) is 0 Å². The largest absolute Gasteiger partial charge is 0.298 e.